The van der Waals surface area contributed by atoms with Crippen LogP contribution in [0.15, 0.2) is 24.8 Å². The van der Waals surface area contributed by atoms with Crippen molar-refractivity contribution in [2.75, 3.05) is 25.1 Å². The summed E-state index contributed by atoms with van der Waals surface area (Å²) in [5.41, 5.74) is 8.22. The van der Waals surface area contributed by atoms with Gasteiger partial charge in [0.05, 0.1) is 42.2 Å². The molecule has 0 saturated carbocycles. The van der Waals surface area contributed by atoms with Crippen molar-refractivity contribution in [2.24, 2.45) is 11.7 Å². The summed E-state index contributed by atoms with van der Waals surface area (Å²) in [5, 5.41) is 14.9. The number of fused-ring (bicyclic) bond motifs is 1. The van der Waals surface area contributed by atoms with Gasteiger partial charge in [-0.05, 0) is 6.92 Å². The van der Waals surface area contributed by atoms with Gasteiger partial charge in [0.25, 0.3) is 5.91 Å². The summed E-state index contributed by atoms with van der Waals surface area (Å²) in [4.78, 5) is 16.5. The second kappa shape index (κ2) is 6.95. The molecule has 1 aliphatic rings. The lowest BCUT2D eigenvalue weighted by Gasteiger charge is -2.20. The number of amides is 1. The maximum absolute atomic E-state index is 13.3. The third-order valence-corrected chi connectivity index (χ3v) is 4.88. The zero-order valence-corrected chi connectivity index (χ0v) is 14.9. The molecule has 4 heterocycles. The van der Waals surface area contributed by atoms with Gasteiger partial charge in [0.15, 0.2) is 5.65 Å². The van der Waals surface area contributed by atoms with Gasteiger partial charge in [0.1, 0.15) is 0 Å². The number of aromatic nitrogens is 5. The number of nitrogens with two attached hydrogens (primary N) is 1. The van der Waals surface area contributed by atoms with Gasteiger partial charge in [-0.3, -0.25) is 13.9 Å². The van der Waals surface area contributed by atoms with Gasteiger partial charge in [0.2, 0.25) is 0 Å². The summed E-state index contributed by atoms with van der Waals surface area (Å²) >= 11 is 0. The standard InChI is InChI=1S/C17H21FN8O/c1-2-25-8-11(5-21-25)14-9-26-17(24-14)15(12(6-22-26)16(19)27)23-13-7-20-4-10(13)3-18/h5-6,8-10,13,20,23H,2-4,7H2,1H3,(H2,19,27)/t10-,13+/m0/s1. The van der Waals surface area contributed by atoms with Crippen molar-refractivity contribution in [2.45, 2.75) is 19.5 Å². The summed E-state index contributed by atoms with van der Waals surface area (Å²) in [7, 11) is 0. The molecule has 4 N–H and O–H groups in total. The number of rotatable bonds is 6. The summed E-state index contributed by atoms with van der Waals surface area (Å²) in [5.74, 6) is -0.797. The highest BCUT2D eigenvalue weighted by Crippen LogP contribution is 2.27. The van der Waals surface area contributed by atoms with Crippen LogP contribution in [0.1, 0.15) is 17.3 Å². The molecule has 10 heteroatoms. The maximum atomic E-state index is 13.3. The van der Waals surface area contributed by atoms with Crippen LogP contribution < -0.4 is 16.4 Å². The number of anilines is 1. The van der Waals surface area contributed by atoms with E-state index in [4.69, 9.17) is 5.73 Å². The summed E-state index contributed by atoms with van der Waals surface area (Å²) in [6, 6.07) is -0.165. The third-order valence-electron chi connectivity index (χ3n) is 4.88. The molecule has 0 aromatic carbocycles. The number of carbonyl (C=O) groups is 1. The molecule has 0 radical (unpaired) electrons. The van der Waals surface area contributed by atoms with E-state index in [0.29, 0.717) is 30.1 Å². The quantitative estimate of drug-likeness (QED) is 0.586. The van der Waals surface area contributed by atoms with Gasteiger partial charge in [-0.2, -0.15) is 10.2 Å². The Hall–Kier alpha value is -3.01. The Balaban J connectivity index is 1.79. The Bertz CT molecular complexity index is 981. The number of imidazole rings is 1. The molecule has 3 aromatic rings. The SMILES string of the molecule is CCn1cc(-c2cn3ncc(C(N)=O)c(N[C@@H]4CNC[C@@H]4CF)c3n2)cn1. The average molecular weight is 372 g/mol. The number of carbonyl (C=O) groups excluding carboxylic acids is 1. The molecule has 0 spiro atoms. The molecular weight excluding hydrogens is 351 g/mol. The number of alkyl halides is 1. The van der Waals surface area contributed by atoms with Crippen molar-refractivity contribution in [1.82, 2.24) is 29.7 Å². The summed E-state index contributed by atoms with van der Waals surface area (Å²) < 4.78 is 16.7. The monoisotopic (exact) mass is 372 g/mol. The lowest BCUT2D eigenvalue weighted by atomic mass is 10.0. The fourth-order valence-corrected chi connectivity index (χ4v) is 3.32. The molecule has 27 heavy (non-hydrogen) atoms. The number of hydrogen-bond donors (Lipinski definition) is 3. The molecule has 9 nitrogen and oxygen atoms in total. The first-order valence-corrected chi connectivity index (χ1v) is 8.85. The maximum Gasteiger partial charge on any atom is 0.252 e. The average Bonchev–Trinajstić information content (AvgIpc) is 3.39. The molecule has 1 saturated heterocycles. The Morgan fingerprint density at radius 2 is 2.22 bits per heavy atom. The fraction of sp³-hybridized carbons (Fsp3) is 0.412. The van der Waals surface area contributed by atoms with Gasteiger partial charge in [-0.15, -0.1) is 0 Å². The summed E-state index contributed by atoms with van der Waals surface area (Å²) in [6.07, 6.45) is 6.80. The van der Waals surface area contributed by atoms with Crippen molar-refractivity contribution >= 4 is 17.2 Å². The van der Waals surface area contributed by atoms with E-state index in [-0.39, 0.29) is 17.5 Å². The van der Waals surface area contributed by atoms with Crippen LogP contribution in [0.5, 0.6) is 0 Å². The number of primary amides is 1. The molecule has 2 atom stereocenters. The molecular formula is C17H21FN8O. The van der Waals surface area contributed by atoms with Crippen molar-refractivity contribution in [3.8, 4) is 11.3 Å². The number of nitrogens with zero attached hydrogens (tertiary/aromatic N) is 5. The Kier molecular flexibility index (Phi) is 4.48. The minimum atomic E-state index is -0.612. The molecule has 0 unspecified atom stereocenters. The van der Waals surface area contributed by atoms with E-state index in [0.717, 1.165) is 12.1 Å². The van der Waals surface area contributed by atoms with Crippen LogP contribution in [-0.4, -0.2) is 56.1 Å². The second-order valence-corrected chi connectivity index (χ2v) is 6.60. The van der Waals surface area contributed by atoms with E-state index in [1.54, 1.807) is 21.6 Å². The molecule has 0 bridgehead atoms. The highest BCUT2D eigenvalue weighted by molar-refractivity contribution is 6.01. The van der Waals surface area contributed by atoms with E-state index < -0.39 is 12.6 Å². The molecule has 4 rings (SSSR count). The van der Waals surface area contributed by atoms with Crippen LogP contribution in [0.3, 0.4) is 0 Å². The van der Waals surface area contributed by atoms with Crippen LogP contribution in [-0.2, 0) is 6.54 Å². The highest BCUT2D eigenvalue weighted by atomic mass is 19.1. The van der Waals surface area contributed by atoms with E-state index in [1.807, 2.05) is 13.1 Å². The zero-order chi connectivity index (χ0) is 19.0. The first kappa shape index (κ1) is 17.4. The zero-order valence-electron chi connectivity index (χ0n) is 14.9. The molecule has 0 aliphatic carbocycles. The molecule has 1 amide bonds. The second-order valence-electron chi connectivity index (χ2n) is 6.60. The topological polar surface area (TPSA) is 115 Å². The number of nitrogens with one attached hydrogen (secondary N) is 2. The van der Waals surface area contributed by atoms with Crippen LogP contribution in [0.25, 0.3) is 16.9 Å². The van der Waals surface area contributed by atoms with Crippen molar-refractivity contribution in [3.63, 3.8) is 0 Å². The van der Waals surface area contributed by atoms with Gasteiger partial charge in [0, 0.05) is 43.4 Å². The lowest BCUT2D eigenvalue weighted by Crippen LogP contribution is -2.31. The van der Waals surface area contributed by atoms with Crippen LogP contribution in [0.2, 0.25) is 0 Å². The van der Waals surface area contributed by atoms with Gasteiger partial charge < -0.3 is 16.4 Å². The number of hydrogen-bond acceptors (Lipinski definition) is 6. The van der Waals surface area contributed by atoms with E-state index in [9.17, 15) is 9.18 Å². The first-order chi connectivity index (χ1) is 13.1. The predicted octanol–water partition coefficient (Wildman–Crippen LogP) is 0.681. The Morgan fingerprint density at radius 1 is 1.37 bits per heavy atom. The van der Waals surface area contributed by atoms with E-state index in [2.05, 4.69) is 25.8 Å². The Labute approximate surface area is 154 Å². The van der Waals surface area contributed by atoms with Gasteiger partial charge in [-0.25, -0.2) is 9.50 Å². The molecule has 142 valence electrons. The van der Waals surface area contributed by atoms with E-state index in [1.165, 1.54) is 6.20 Å². The normalized spacial score (nSPS) is 19.6. The Morgan fingerprint density at radius 3 is 2.93 bits per heavy atom. The number of halogens is 1. The minimum Gasteiger partial charge on any atom is -0.377 e. The third kappa shape index (κ3) is 3.12. The van der Waals surface area contributed by atoms with Gasteiger partial charge in [-0.1, -0.05) is 0 Å². The van der Waals surface area contributed by atoms with Crippen molar-refractivity contribution < 1.29 is 9.18 Å². The first-order valence-electron chi connectivity index (χ1n) is 8.85. The smallest absolute Gasteiger partial charge is 0.252 e. The summed E-state index contributed by atoms with van der Waals surface area (Å²) in [6.45, 7) is 3.48. The van der Waals surface area contributed by atoms with Crippen molar-refractivity contribution in [3.05, 3.63) is 30.4 Å². The van der Waals surface area contributed by atoms with Crippen LogP contribution in [0, 0.1) is 5.92 Å². The number of aryl methyl sites for hydroxylation is 1. The minimum absolute atomic E-state index is 0.165. The van der Waals surface area contributed by atoms with Crippen LogP contribution in [0.4, 0.5) is 10.1 Å². The fourth-order valence-electron chi connectivity index (χ4n) is 3.32. The highest BCUT2D eigenvalue weighted by Gasteiger charge is 2.29. The molecule has 3 aromatic heterocycles. The molecule has 1 fully saturated rings. The predicted molar refractivity (Wildman–Crippen MR) is 98.1 cm³/mol. The van der Waals surface area contributed by atoms with Crippen molar-refractivity contribution in [1.29, 1.82) is 0 Å². The largest absolute Gasteiger partial charge is 0.377 e. The van der Waals surface area contributed by atoms with Crippen LogP contribution >= 0.6 is 0 Å². The molecule has 1 aliphatic heterocycles. The lowest BCUT2D eigenvalue weighted by molar-refractivity contribution is 0.100. The van der Waals surface area contributed by atoms with E-state index >= 15 is 0 Å². The van der Waals surface area contributed by atoms with Gasteiger partial charge >= 0.3 is 0 Å².